The van der Waals surface area contributed by atoms with Gasteiger partial charge in [-0.2, -0.15) is 0 Å². The number of carbonyl (C=O) groups excluding carboxylic acids is 2. The van der Waals surface area contributed by atoms with Gasteiger partial charge in [-0.25, -0.2) is 4.79 Å². The highest BCUT2D eigenvalue weighted by Crippen LogP contribution is 2.42. The number of esters is 2. The largest absolute Gasteiger partial charge is 0.454 e. The predicted molar refractivity (Wildman–Crippen MR) is 492 cm³/mol. The van der Waals surface area contributed by atoms with E-state index >= 15 is 0 Å². The maximum absolute atomic E-state index is 14.5. The van der Waals surface area contributed by atoms with Crippen LogP contribution in [-0.2, 0) is 172 Å². The molecular formula is C110H114O23. The van der Waals surface area contributed by atoms with Gasteiger partial charge < -0.3 is 99.8 Å². The molecule has 12 aromatic rings. The molecule has 0 aromatic heterocycles. The molecule has 0 aliphatic carbocycles. The second-order valence-corrected chi connectivity index (χ2v) is 33.1. The molecule has 23 heteroatoms. The minimum Gasteiger partial charge on any atom is -0.454 e. The fourth-order valence-electron chi connectivity index (χ4n) is 16.7. The molecule has 0 bridgehead atoms. The number of carbonyl (C=O) groups is 2. The van der Waals surface area contributed by atoms with Crippen molar-refractivity contribution in [2.24, 2.45) is 0 Å². The SMILES string of the molecule is CC(=O)O[C@@H]1[C@@H](O[C@@H]2[C@@H](O[C@@H]3[C@@H](OC[C@H]4O[C@H](O)[C@@H](OC(=O)c5ccccc5)[C@@H](OCc5ccccc5)[C@@H]4OCc4ccccc4)O[C@H](COCc4ccccc4)[C@@H](OCc4ccccc4)[C@@H]3OCc3ccccc3)O[C@H](COCc3ccccc3)[C@@H](OCc3ccccc3)[C@@H]2OCc2ccccc2)O[C@H](COCc2ccccc2)[C@@H](OCc2ccccc2)[C@@H]1OCc1ccccc1. The van der Waals surface area contributed by atoms with Crippen LogP contribution in [0.5, 0.6) is 0 Å². The highest BCUT2D eigenvalue weighted by Gasteiger charge is 2.59. The van der Waals surface area contributed by atoms with Crippen LogP contribution in [0, 0.1) is 0 Å². The standard InChI is InChI=1S/C110H114O23/c1-77(111)126-104-100(123-71-87-56-32-11-33-57-87)95(118-66-82-46-22-6-23-47-82)91(74-115-63-79-40-16-3-17-41-79)129-109(104)133-105-101(124-72-88-58-34-12-35-59-88)96(119-67-83-48-24-7-25-49-83)92(75-116-64-80-42-18-4-19-43-80)130-110(105)132-103-99(122-70-86-54-30-10-31-55-86)94(117-65-81-44-20-5-21-45-81)90(73-114-62-78-38-14-2-15-39-78)128-108(103)125-76-93-97(120-68-84-50-26-8-27-51-84)98(121-69-85-52-28-9-29-53-85)102(107(113)127-93)131-106(112)89-60-36-13-37-61-89/h2-61,90-105,107-110,113H,62-76H2,1H3/t90-,91-,92-,93-,94-,95-,96-,97-,98+,99+,100+,101+,102+,103+,104+,105+,107+,108+,109-,110-/m1/s1. The van der Waals surface area contributed by atoms with Gasteiger partial charge in [0.25, 0.3) is 0 Å². The molecule has 0 spiro atoms. The van der Waals surface area contributed by atoms with Crippen LogP contribution in [0.2, 0.25) is 0 Å². The Morgan fingerprint density at radius 2 is 0.444 bits per heavy atom. The van der Waals surface area contributed by atoms with Crippen LogP contribution >= 0.6 is 0 Å². The van der Waals surface area contributed by atoms with Crippen molar-refractivity contribution in [3.05, 3.63) is 431 Å². The number of rotatable bonds is 46. The lowest BCUT2D eigenvalue weighted by atomic mass is 9.95. The topological polar surface area (TPSA) is 239 Å². The lowest BCUT2D eigenvalue weighted by molar-refractivity contribution is -0.406. The monoisotopic (exact) mass is 1800 g/mol. The minimum absolute atomic E-state index is 0.000284. The van der Waals surface area contributed by atoms with Crippen molar-refractivity contribution in [1.29, 1.82) is 0 Å². The van der Waals surface area contributed by atoms with Crippen LogP contribution in [-0.4, -0.2) is 166 Å². The van der Waals surface area contributed by atoms with Gasteiger partial charge in [0.2, 0.25) is 0 Å². The van der Waals surface area contributed by atoms with Gasteiger partial charge in [-0.1, -0.05) is 352 Å². The van der Waals surface area contributed by atoms with Crippen molar-refractivity contribution in [2.45, 2.75) is 202 Å². The third-order valence-electron chi connectivity index (χ3n) is 23.4. The second-order valence-electron chi connectivity index (χ2n) is 33.1. The van der Waals surface area contributed by atoms with Gasteiger partial charge in [0.1, 0.15) is 85.5 Å². The van der Waals surface area contributed by atoms with Crippen LogP contribution in [0.3, 0.4) is 0 Å². The van der Waals surface area contributed by atoms with E-state index in [4.69, 9.17) is 94.7 Å². The summed E-state index contributed by atoms with van der Waals surface area (Å²) in [5.74, 6) is -1.43. The van der Waals surface area contributed by atoms with Crippen molar-refractivity contribution in [2.75, 3.05) is 26.4 Å². The molecular weight excluding hydrogens is 1690 g/mol. The molecule has 1 N–H and O–H groups in total. The van der Waals surface area contributed by atoms with E-state index in [1.54, 1.807) is 30.3 Å². The minimum atomic E-state index is -1.85. The van der Waals surface area contributed by atoms with E-state index in [2.05, 4.69) is 0 Å². The third-order valence-corrected chi connectivity index (χ3v) is 23.4. The zero-order valence-electron chi connectivity index (χ0n) is 74.2. The first-order valence-corrected chi connectivity index (χ1v) is 45.4. The van der Waals surface area contributed by atoms with Crippen molar-refractivity contribution in [1.82, 2.24) is 0 Å². The number of hydrogen-bond acceptors (Lipinski definition) is 23. The summed E-state index contributed by atoms with van der Waals surface area (Å²) < 4.78 is 145. The Balaban J connectivity index is 0.859. The molecule has 20 atom stereocenters. The van der Waals surface area contributed by atoms with E-state index in [0.29, 0.717) is 0 Å². The zero-order valence-corrected chi connectivity index (χ0v) is 74.2. The Labute approximate surface area is 776 Å². The fourth-order valence-corrected chi connectivity index (χ4v) is 16.7. The number of aliphatic hydroxyl groups excluding tert-OH is 1. The summed E-state index contributed by atoms with van der Waals surface area (Å²) in [5, 5.41) is 12.8. The Bertz CT molecular complexity index is 5300. The van der Waals surface area contributed by atoms with Gasteiger partial charge in [-0.05, 0) is 73.3 Å². The van der Waals surface area contributed by atoms with E-state index < -0.39 is 141 Å². The summed E-state index contributed by atoms with van der Waals surface area (Å²) >= 11 is 0. The van der Waals surface area contributed by atoms with Crippen LogP contribution in [0.1, 0.15) is 78.5 Å². The normalized spacial score (nSPS) is 25.3. The summed E-state index contributed by atoms with van der Waals surface area (Å²) in [7, 11) is 0. The third kappa shape index (κ3) is 27.8. The van der Waals surface area contributed by atoms with Gasteiger partial charge in [-0.15, -0.1) is 0 Å². The number of aliphatic hydroxyl groups is 1. The molecule has 12 aromatic carbocycles. The summed E-state index contributed by atoms with van der Waals surface area (Å²) in [6.45, 7) is 1.16. The smallest absolute Gasteiger partial charge is 0.338 e. The molecule has 4 heterocycles. The Morgan fingerprint density at radius 1 is 0.226 bits per heavy atom. The molecule has 692 valence electrons. The molecule has 0 amide bonds. The van der Waals surface area contributed by atoms with E-state index in [1.807, 2.05) is 334 Å². The quantitative estimate of drug-likeness (QED) is 0.0349. The van der Waals surface area contributed by atoms with E-state index in [1.165, 1.54) is 6.92 Å². The maximum atomic E-state index is 14.5. The van der Waals surface area contributed by atoms with Crippen LogP contribution in [0.15, 0.2) is 364 Å². The van der Waals surface area contributed by atoms with Gasteiger partial charge in [0, 0.05) is 6.92 Å². The van der Waals surface area contributed by atoms with Crippen LogP contribution in [0.25, 0.3) is 0 Å². The molecule has 0 saturated carbocycles. The van der Waals surface area contributed by atoms with Gasteiger partial charge in [0.05, 0.1) is 105 Å². The molecule has 23 nitrogen and oxygen atoms in total. The Kier molecular flexibility index (Phi) is 35.9. The predicted octanol–water partition coefficient (Wildman–Crippen LogP) is 17.2. The highest BCUT2D eigenvalue weighted by atomic mass is 16.8. The first-order chi connectivity index (χ1) is 65.6. The van der Waals surface area contributed by atoms with Gasteiger partial charge in [0.15, 0.2) is 37.4 Å². The average molecular weight is 1800 g/mol. The molecule has 0 radical (unpaired) electrons. The molecule has 4 saturated heterocycles. The second kappa shape index (κ2) is 50.2. The van der Waals surface area contributed by atoms with Crippen LogP contribution in [0.4, 0.5) is 0 Å². The number of benzene rings is 12. The Hall–Kier alpha value is -11.2. The summed E-state index contributed by atoms with van der Waals surface area (Å²) in [6.07, 6.45) is -26.6. The van der Waals surface area contributed by atoms with E-state index in [-0.39, 0.29) is 98.1 Å². The van der Waals surface area contributed by atoms with Crippen molar-refractivity contribution >= 4 is 11.9 Å². The number of ether oxygens (including phenoxy) is 20. The van der Waals surface area contributed by atoms with Crippen molar-refractivity contribution in [3.63, 3.8) is 0 Å². The maximum Gasteiger partial charge on any atom is 0.338 e. The summed E-state index contributed by atoms with van der Waals surface area (Å²) in [4.78, 5) is 28.9. The molecule has 4 aliphatic heterocycles. The highest BCUT2D eigenvalue weighted by molar-refractivity contribution is 5.89. The lowest BCUT2D eigenvalue weighted by Gasteiger charge is -2.52. The molecule has 0 unspecified atom stereocenters. The molecule has 16 rings (SSSR count). The van der Waals surface area contributed by atoms with Gasteiger partial charge in [-0.3, -0.25) is 4.79 Å². The summed E-state index contributed by atoms with van der Waals surface area (Å²) in [5.41, 5.74) is 9.37. The lowest BCUT2D eigenvalue weighted by Crippen LogP contribution is -2.68. The first kappa shape index (κ1) is 95.0. The molecule has 133 heavy (non-hydrogen) atoms. The molecule has 4 aliphatic rings. The van der Waals surface area contributed by atoms with Crippen LogP contribution < -0.4 is 0 Å². The molecule has 4 fully saturated rings. The van der Waals surface area contributed by atoms with Crippen molar-refractivity contribution in [3.8, 4) is 0 Å². The van der Waals surface area contributed by atoms with E-state index in [0.717, 1.165) is 61.2 Å². The zero-order chi connectivity index (χ0) is 90.8. The van der Waals surface area contributed by atoms with E-state index in [9.17, 15) is 14.7 Å². The first-order valence-electron chi connectivity index (χ1n) is 45.4. The van der Waals surface area contributed by atoms with Gasteiger partial charge >= 0.3 is 11.9 Å². The van der Waals surface area contributed by atoms with Crippen molar-refractivity contribution < 1.29 is 109 Å². The summed E-state index contributed by atoms with van der Waals surface area (Å²) in [6, 6.07) is 115. The Morgan fingerprint density at radius 3 is 0.722 bits per heavy atom. The fraction of sp³-hybridized carbons (Fsp3) is 0.327. The average Bonchev–Trinajstić information content (AvgIpc) is 0.519. The number of hydrogen-bond donors (Lipinski definition) is 1.